The van der Waals surface area contributed by atoms with E-state index in [1.165, 1.54) is 9.08 Å². The van der Waals surface area contributed by atoms with Crippen molar-refractivity contribution in [3.05, 3.63) is 46.6 Å². The van der Waals surface area contributed by atoms with Gasteiger partial charge in [0.05, 0.1) is 18.3 Å². The van der Waals surface area contributed by atoms with Crippen molar-refractivity contribution in [2.75, 3.05) is 18.0 Å². The summed E-state index contributed by atoms with van der Waals surface area (Å²) in [6, 6.07) is 5.67. The third-order valence-corrected chi connectivity index (χ3v) is 5.61. The zero-order valence-corrected chi connectivity index (χ0v) is 17.0. The molecule has 4 heterocycles. The molecule has 156 valence electrons. The van der Waals surface area contributed by atoms with Crippen LogP contribution in [0.4, 0.5) is 10.2 Å². The molecule has 9 nitrogen and oxygen atoms in total. The fourth-order valence-corrected chi connectivity index (χ4v) is 4.01. The van der Waals surface area contributed by atoms with Gasteiger partial charge in [0.15, 0.2) is 6.17 Å². The Labute approximate surface area is 171 Å². The molecular formula is C20H22FN7O2. The predicted molar refractivity (Wildman–Crippen MR) is 110 cm³/mol. The van der Waals surface area contributed by atoms with Gasteiger partial charge in [-0.25, -0.2) is 18.3 Å². The molecule has 5 rings (SSSR count). The number of hydrogen-bond donors (Lipinski definition) is 0. The van der Waals surface area contributed by atoms with Gasteiger partial charge in [-0.1, -0.05) is 0 Å². The molecule has 1 fully saturated rings. The number of anilines is 1. The summed E-state index contributed by atoms with van der Waals surface area (Å²) in [4.78, 5) is 18.4. The molecule has 0 N–H and O–H groups in total. The quantitative estimate of drug-likeness (QED) is 0.510. The van der Waals surface area contributed by atoms with E-state index in [-0.39, 0.29) is 12.2 Å². The first-order valence-corrected chi connectivity index (χ1v) is 9.81. The average molecular weight is 411 g/mol. The molecule has 1 aromatic carbocycles. The number of fused-ring (bicyclic) bond motifs is 2. The van der Waals surface area contributed by atoms with Gasteiger partial charge in [-0.05, 0) is 25.1 Å². The summed E-state index contributed by atoms with van der Waals surface area (Å²) in [5, 5.41) is 9.31. The van der Waals surface area contributed by atoms with Crippen LogP contribution in [-0.2, 0) is 14.1 Å². The summed E-state index contributed by atoms with van der Waals surface area (Å²) in [5.41, 5.74) is 1.54. The molecule has 0 amide bonds. The van der Waals surface area contributed by atoms with Crippen molar-refractivity contribution in [3.63, 3.8) is 0 Å². The molecule has 4 aromatic rings. The van der Waals surface area contributed by atoms with Crippen LogP contribution in [0.25, 0.3) is 16.7 Å². The maximum Gasteiger partial charge on any atom is 0.351 e. The standard InChI is InChI=1S/C20H22FN7O2/c1-12-10-28-19(24-26(3)20(28)29)23-18(12)27-7-6-17(15(21)11-27)30-14-4-5-16-13(8-14)9-22-25(16)2/h4-5,8-10,15,17H,6-7,11H2,1-3H3/t15-,17?/m0/s1. The number of aryl methyl sites for hydroxylation is 3. The number of benzene rings is 1. The fraction of sp³-hybridized carbons (Fsp3) is 0.400. The SMILES string of the molecule is Cc1cn2c(=O)n(C)nc2nc1N1CCC(Oc2ccc3c(cnn3C)c2)[C@@H](F)C1. The second-order valence-electron chi connectivity index (χ2n) is 7.72. The molecule has 0 bridgehead atoms. The lowest BCUT2D eigenvalue weighted by atomic mass is 10.1. The lowest BCUT2D eigenvalue weighted by Crippen LogP contribution is -2.47. The topological polar surface area (TPSA) is 82.5 Å². The Kier molecular flexibility index (Phi) is 4.23. The van der Waals surface area contributed by atoms with Gasteiger partial charge < -0.3 is 9.64 Å². The molecule has 2 atom stereocenters. The largest absolute Gasteiger partial charge is 0.487 e. The van der Waals surface area contributed by atoms with Crippen molar-refractivity contribution >= 4 is 22.5 Å². The lowest BCUT2D eigenvalue weighted by molar-refractivity contribution is 0.0820. The highest BCUT2D eigenvalue weighted by molar-refractivity contribution is 5.80. The van der Waals surface area contributed by atoms with E-state index in [4.69, 9.17) is 4.74 Å². The number of halogens is 1. The summed E-state index contributed by atoms with van der Waals surface area (Å²) in [7, 11) is 3.46. The molecule has 10 heteroatoms. The van der Waals surface area contributed by atoms with Crippen LogP contribution in [0.15, 0.2) is 35.4 Å². The van der Waals surface area contributed by atoms with E-state index in [1.807, 2.05) is 37.1 Å². The van der Waals surface area contributed by atoms with Gasteiger partial charge in [-0.3, -0.25) is 4.68 Å². The van der Waals surface area contributed by atoms with Crippen LogP contribution in [0.5, 0.6) is 5.75 Å². The highest BCUT2D eigenvalue weighted by atomic mass is 19.1. The number of nitrogens with zero attached hydrogens (tertiary/aromatic N) is 7. The average Bonchev–Trinajstić information content (AvgIpc) is 3.22. The zero-order valence-electron chi connectivity index (χ0n) is 17.0. The van der Waals surface area contributed by atoms with Crippen LogP contribution in [0.2, 0.25) is 0 Å². The molecule has 0 radical (unpaired) electrons. The first-order valence-electron chi connectivity index (χ1n) is 9.81. The summed E-state index contributed by atoms with van der Waals surface area (Å²) in [6.45, 7) is 2.63. The van der Waals surface area contributed by atoms with E-state index >= 15 is 4.39 Å². The molecule has 30 heavy (non-hydrogen) atoms. The Morgan fingerprint density at radius 1 is 1.23 bits per heavy atom. The first kappa shape index (κ1) is 18.6. The van der Waals surface area contributed by atoms with E-state index in [0.717, 1.165) is 16.5 Å². The molecule has 3 aromatic heterocycles. The predicted octanol–water partition coefficient (Wildman–Crippen LogP) is 1.62. The van der Waals surface area contributed by atoms with Crippen LogP contribution < -0.4 is 15.3 Å². The Morgan fingerprint density at radius 2 is 2.07 bits per heavy atom. The number of ether oxygens (including phenoxy) is 1. The normalized spacial score (nSPS) is 19.7. The summed E-state index contributed by atoms with van der Waals surface area (Å²) in [6.07, 6.45) is 2.29. The summed E-state index contributed by atoms with van der Waals surface area (Å²) < 4.78 is 25.4. The molecule has 0 spiro atoms. The highest BCUT2D eigenvalue weighted by Crippen LogP contribution is 2.27. The van der Waals surface area contributed by atoms with Gasteiger partial charge in [-0.2, -0.15) is 10.1 Å². The van der Waals surface area contributed by atoms with Gasteiger partial charge in [0.1, 0.15) is 17.7 Å². The minimum Gasteiger partial charge on any atom is -0.487 e. The molecule has 1 unspecified atom stereocenters. The van der Waals surface area contributed by atoms with Crippen molar-refractivity contribution in [3.8, 4) is 5.75 Å². The van der Waals surface area contributed by atoms with E-state index in [1.54, 1.807) is 24.1 Å². The molecule has 0 aliphatic carbocycles. The Balaban J connectivity index is 1.34. The first-order chi connectivity index (χ1) is 14.4. The van der Waals surface area contributed by atoms with Crippen molar-refractivity contribution in [1.82, 2.24) is 28.9 Å². The van der Waals surface area contributed by atoms with Crippen LogP contribution >= 0.6 is 0 Å². The van der Waals surface area contributed by atoms with Crippen molar-refractivity contribution < 1.29 is 9.13 Å². The van der Waals surface area contributed by atoms with Gasteiger partial charge in [-0.15, -0.1) is 5.10 Å². The number of rotatable bonds is 3. The monoisotopic (exact) mass is 411 g/mol. The molecule has 1 saturated heterocycles. The van der Waals surface area contributed by atoms with E-state index in [9.17, 15) is 4.79 Å². The zero-order chi connectivity index (χ0) is 21.0. The smallest absolute Gasteiger partial charge is 0.351 e. The molecule has 0 saturated carbocycles. The number of hydrogen-bond acceptors (Lipinski definition) is 6. The van der Waals surface area contributed by atoms with Gasteiger partial charge in [0.25, 0.3) is 5.78 Å². The highest BCUT2D eigenvalue weighted by Gasteiger charge is 2.32. The molecular weight excluding hydrogens is 389 g/mol. The van der Waals surface area contributed by atoms with E-state index < -0.39 is 12.3 Å². The van der Waals surface area contributed by atoms with Crippen molar-refractivity contribution in [1.29, 1.82) is 0 Å². The Hall–Kier alpha value is -3.43. The number of piperidine rings is 1. The van der Waals surface area contributed by atoms with Crippen molar-refractivity contribution in [2.24, 2.45) is 14.1 Å². The lowest BCUT2D eigenvalue weighted by Gasteiger charge is -2.36. The number of aromatic nitrogens is 6. The maximum atomic E-state index is 15.0. The third-order valence-electron chi connectivity index (χ3n) is 5.61. The third kappa shape index (κ3) is 2.99. The second-order valence-corrected chi connectivity index (χ2v) is 7.72. The maximum absolute atomic E-state index is 15.0. The van der Waals surface area contributed by atoms with Crippen LogP contribution in [0, 0.1) is 6.92 Å². The van der Waals surface area contributed by atoms with Gasteiger partial charge in [0.2, 0.25) is 0 Å². The van der Waals surface area contributed by atoms with Crippen molar-refractivity contribution in [2.45, 2.75) is 25.6 Å². The Morgan fingerprint density at radius 3 is 2.87 bits per heavy atom. The summed E-state index contributed by atoms with van der Waals surface area (Å²) >= 11 is 0. The van der Waals surface area contributed by atoms with E-state index in [0.29, 0.717) is 30.3 Å². The summed E-state index contributed by atoms with van der Waals surface area (Å²) in [5.74, 6) is 1.59. The van der Waals surface area contributed by atoms with Crippen LogP contribution in [-0.4, -0.2) is 54.3 Å². The Bertz CT molecular complexity index is 1310. The number of alkyl halides is 1. The second kappa shape index (κ2) is 6.82. The van der Waals surface area contributed by atoms with Crippen LogP contribution in [0.3, 0.4) is 0 Å². The van der Waals surface area contributed by atoms with Gasteiger partial charge in [0, 0.05) is 44.2 Å². The molecule has 1 aliphatic heterocycles. The minimum atomic E-state index is -1.17. The van der Waals surface area contributed by atoms with Gasteiger partial charge >= 0.3 is 5.69 Å². The molecule has 1 aliphatic rings. The van der Waals surface area contributed by atoms with Crippen LogP contribution in [0.1, 0.15) is 12.0 Å². The van der Waals surface area contributed by atoms with E-state index in [2.05, 4.69) is 15.2 Å². The minimum absolute atomic E-state index is 0.168. The fourth-order valence-electron chi connectivity index (χ4n) is 4.01.